The monoisotopic (exact) mass is 264 g/mol. The first-order valence-electron chi connectivity index (χ1n) is 7.83. The molecule has 106 valence electrons. The van der Waals surface area contributed by atoms with Crippen LogP contribution in [0.15, 0.2) is 0 Å². The summed E-state index contributed by atoms with van der Waals surface area (Å²) in [6, 6.07) is 0.619. The van der Waals surface area contributed by atoms with Crippen molar-refractivity contribution in [3.05, 3.63) is 0 Å². The summed E-state index contributed by atoms with van der Waals surface area (Å²) in [5, 5.41) is 6.18. The fourth-order valence-electron chi connectivity index (χ4n) is 3.47. The summed E-state index contributed by atoms with van der Waals surface area (Å²) in [5.41, 5.74) is -0.717. The second kappa shape index (κ2) is 5.14. The average Bonchev–Trinajstić information content (AvgIpc) is 2.81. The molecule has 3 saturated carbocycles. The smallest absolute Gasteiger partial charge is 0.235 e. The van der Waals surface area contributed by atoms with Gasteiger partial charge in [0.05, 0.1) is 0 Å². The normalized spacial score (nSPS) is 26.3. The summed E-state index contributed by atoms with van der Waals surface area (Å²) >= 11 is 0. The Morgan fingerprint density at radius 1 is 0.737 bits per heavy atom. The molecule has 0 saturated heterocycles. The summed E-state index contributed by atoms with van der Waals surface area (Å²) in [6.45, 7) is 0. The van der Waals surface area contributed by atoms with Gasteiger partial charge in [-0.25, -0.2) is 0 Å². The molecule has 0 aromatic heterocycles. The Balaban J connectivity index is 1.55. The highest BCUT2D eigenvalue weighted by Crippen LogP contribution is 2.46. The Kier molecular flexibility index (Phi) is 3.50. The van der Waals surface area contributed by atoms with E-state index in [-0.39, 0.29) is 11.8 Å². The third-order valence-electron chi connectivity index (χ3n) is 5.00. The number of rotatable bonds is 4. The molecule has 4 nitrogen and oxygen atoms in total. The molecular formula is C15H24N2O2. The SMILES string of the molecule is O=C(NC1CCCC1)C1(C(=O)NC2CCCC2)CC1. The van der Waals surface area contributed by atoms with Gasteiger partial charge >= 0.3 is 0 Å². The summed E-state index contributed by atoms with van der Waals surface area (Å²) < 4.78 is 0. The van der Waals surface area contributed by atoms with Crippen LogP contribution in [0.1, 0.15) is 64.2 Å². The molecule has 0 atom stereocenters. The largest absolute Gasteiger partial charge is 0.352 e. The number of nitrogens with one attached hydrogen (secondary N) is 2. The summed E-state index contributed by atoms with van der Waals surface area (Å²) in [7, 11) is 0. The summed E-state index contributed by atoms with van der Waals surface area (Å²) in [4.78, 5) is 24.7. The molecular weight excluding hydrogens is 240 g/mol. The van der Waals surface area contributed by atoms with Gasteiger partial charge in [0.1, 0.15) is 5.41 Å². The molecule has 2 amide bonds. The first-order chi connectivity index (χ1) is 9.21. The maximum Gasteiger partial charge on any atom is 0.235 e. The Hall–Kier alpha value is -1.06. The summed E-state index contributed by atoms with van der Waals surface area (Å²) in [5.74, 6) is -0.0372. The van der Waals surface area contributed by atoms with E-state index in [0.29, 0.717) is 12.1 Å². The molecule has 19 heavy (non-hydrogen) atoms. The highest BCUT2D eigenvalue weighted by Gasteiger charge is 2.57. The molecule has 2 N–H and O–H groups in total. The van der Waals surface area contributed by atoms with Crippen molar-refractivity contribution in [2.24, 2.45) is 5.41 Å². The van der Waals surface area contributed by atoms with Crippen molar-refractivity contribution in [1.82, 2.24) is 10.6 Å². The first kappa shape index (κ1) is 12.9. The second-order valence-electron chi connectivity index (χ2n) is 6.49. The molecule has 0 aromatic rings. The van der Waals surface area contributed by atoms with E-state index in [2.05, 4.69) is 10.6 Å². The Labute approximate surface area is 114 Å². The average molecular weight is 264 g/mol. The maximum absolute atomic E-state index is 12.3. The van der Waals surface area contributed by atoms with E-state index in [9.17, 15) is 9.59 Å². The maximum atomic E-state index is 12.3. The zero-order valence-electron chi connectivity index (χ0n) is 11.5. The van der Waals surface area contributed by atoms with Crippen LogP contribution >= 0.6 is 0 Å². The molecule has 3 rings (SSSR count). The van der Waals surface area contributed by atoms with Crippen molar-refractivity contribution in [2.75, 3.05) is 0 Å². The number of hydrogen-bond acceptors (Lipinski definition) is 2. The third-order valence-corrected chi connectivity index (χ3v) is 5.00. The van der Waals surface area contributed by atoms with Crippen LogP contribution in [0.4, 0.5) is 0 Å². The molecule has 3 fully saturated rings. The van der Waals surface area contributed by atoms with Crippen molar-refractivity contribution >= 4 is 11.8 Å². The van der Waals surface area contributed by atoms with Gasteiger partial charge in [0.25, 0.3) is 0 Å². The van der Waals surface area contributed by atoms with Crippen LogP contribution < -0.4 is 10.6 Å². The van der Waals surface area contributed by atoms with E-state index in [1.807, 2.05) is 0 Å². The lowest BCUT2D eigenvalue weighted by atomic mass is 10.0. The van der Waals surface area contributed by atoms with Gasteiger partial charge < -0.3 is 10.6 Å². The van der Waals surface area contributed by atoms with Crippen LogP contribution in [0.3, 0.4) is 0 Å². The van der Waals surface area contributed by atoms with Gasteiger partial charge in [-0.15, -0.1) is 0 Å². The minimum atomic E-state index is -0.717. The highest BCUT2D eigenvalue weighted by molar-refractivity contribution is 6.08. The Bertz CT molecular complexity index is 332. The predicted octanol–water partition coefficient (Wildman–Crippen LogP) is 1.88. The van der Waals surface area contributed by atoms with E-state index in [1.54, 1.807) is 0 Å². The zero-order valence-corrected chi connectivity index (χ0v) is 11.5. The van der Waals surface area contributed by atoms with Gasteiger partial charge in [-0.1, -0.05) is 25.7 Å². The van der Waals surface area contributed by atoms with E-state index >= 15 is 0 Å². The van der Waals surface area contributed by atoms with E-state index in [4.69, 9.17) is 0 Å². The predicted molar refractivity (Wildman–Crippen MR) is 72.5 cm³/mol. The molecule has 0 bridgehead atoms. The van der Waals surface area contributed by atoms with Crippen molar-refractivity contribution in [2.45, 2.75) is 76.3 Å². The lowest BCUT2D eigenvalue weighted by molar-refractivity contribution is -0.138. The van der Waals surface area contributed by atoms with Crippen LogP contribution in [-0.2, 0) is 9.59 Å². The van der Waals surface area contributed by atoms with Gasteiger partial charge in [-0.3, -0.25) is 9.59 Å². The van der Waals surface area contributed by atoms with Crippen LogP contribution in [0.25, 0.3) is 0 Å². The Morgan fingerprint density at radius 3 is 1.42 bits per heavy atom. The van der Waals surface area contributed by atoms with Crippen LogP contribution in [-0.4, -0.2) is 23.9 Å². The minimum absolute atomic E-state index is 0.0186. The fourth-order valence-corrected chi connectivity index (χ4v) is 3.47. The number of amides is 2. The molecule has 0 aliphatic heterocycles. The van der Waals surface area contributed by atoms with Crippen molar-refractivity contribution < 1.29 is 9.59 Å². The van der Waals surface area contributed by atoms with Gasteiger partial charge in [0.15, 0.2) is 0 Å². The summed E-state index contributed by atoms with van der Waals surface area (Å²) in [6.07, 6.45) is 10.6. The van der Waals surface area contributed by atoms with Gasteiger partial charge in [0, 0.05) is 12.1 Å². The number of carbonyl (C=O) groups excluding carboxylic acids is 2. The standard InChI is InChI=1S/C15H24N2O2/c18-13(16-11-5-1-2-6-11)15(9-10-15)14(19)17-12-7-3-4-8-12/h11-12H,1-10H2,(H,16,18)(H,17,19). The molecule has 0 radical (unpaired) electrons. The molecule has 0 aromatic carbocycles. The van der Waals surface area contributed by atoms with Crippen molar-refractivity contribution in [1.29, 1.82) is 0 Å². The van der Waals surface area contributed by atoms with Gasteiger partial charge in [-0.2, -0.15) is 0 Å². The Morgan fingerprint density at radius 2 is 1.11 bits per heavy atom. The lowest BCUT2D eigenvalue weighted by Gasteiger charge is -2.21. The van der Waals surface area contributed by atoms with E-state index in [0.717, 1.165) is 38.5 Å². The molecule has 0 unspecified atom stereocenters. The quantitative estimate of drug-likeness (QED) is 0.762. The molecule has 0 heterocycles. The highest BCUT2D eigenvalue weighted by atomic mass is 16.2. The number of hydrogen-bond donors (Lipinski definition) is 2. The van der Waals surface area contributed by atoms with Crippen molar-refractivity contribution in [3.8, 4) is 0 Å². The topological polar surface area (TPSA) is 58.2 Å². The van der Waals surface area contributed by atoms with E-state index in [1.165, 1.54) is 25.7 Å². The molecule has 3 aliphatic rings. The fraction of sp³-hybridized carbons (Fsp3) is 0.867. The first-order valence-corrected chi connectivity index (χ1v) is 7.83. The van der Waals surface area contributed by atoms with Gasteiger partial charge in [0.2, 0.25) is 11.8 Å². The third kappa shape index (κ3) is 2.63. The zero-order chi connectivity index (χ0) is 13.3. The minimum Gasteiger partial charge on any atom is -0.352 e. The van der Waals surface area contributed by atoms with E-state index < -0.39 is 5.41 Å². The molecule has 4 heteroatoms. The number of carbonyl (C=O) groups is 2. The second-order valence-corrected chi connectivity index (χ2v) is 6.49. The lowest BCUT2D eigenvalue weighted by Crippen LogP contribution is -2.47. The van der Waals surface area contributed by atoms with Crippen LogP contribution in [0, 0.1) is 5.41 Å². The molecule has 3 aliphatic carbocycles. The van der Waals surface area contributed by atoms with Crippen LogP contribution in [0.5, 0.6) is 0 Å². The molecule has 0 spiro atoms. The van der Waals surface area contributed by atoms with Crippen LogP contribution in [0.2, 0.25) is 0 Å². The van der Waals surface area contributed by atoms with Gasteiger partial charge in [-0.05, 0) is 38.5 Å². The van der Waals surface area contributed by atoms with Crippen molar-refractivity contribution in [3.63, 3.8) is 0 Å².